The molecule has 1 aliphatic rings. The van der Waals surface area contributed by atoms with Gasteiger partial charge in [-0.05, 0) is 53.6 Å². The molecule has 0 aliphatic heterocycles. The first-order chi connectivity index (χ1) is 10.1. The van der Waals surface area contributed by atoms with E-state index in [0.29, 0.717) is 30.9 Å². The summed E-state index contributed by atoms with van der Waals surface area (Å²) in [6.45, 7) is 0. The smallest absolute Gasteiger partial charge is 0.264 e. The van der Waals surface area contributed by atoms with Crippen molar-refractivity contribution in [2.45, 2.75) is 31.6 Å². The summed E-state index contributed by atoms with van der Waals surface area (Å²) in [6.07, 6.45) is 4.58. The van der Waals surface area contributed by atoms with E-state index in [-0.39, 0.29) is 5.56 Å². The molecule has 0 amide bonds. The zero-order valence-electron chi connectivity index (χ0n) is 11.1. The maximum atomic E-state index is 12.2. The second kappa shape index (κ2) is 6.26. The molecule has 1 saturated carbocycles. The van der Waals surface area contributed by atoms with Crippen LogP contribution < -0.4 is 5.56 Å². The fourth-order valence-electron chi connectivity index (χ4n) is 2.75. The zero-order valence-corrected chi connectivity index (χ0v) is 14.8. The normalized spacial score (nSPS) is 15.6. The van der Waals surface area contributed by atoms with Crippen LogP contribution in [0.3, 0.4) is 0 Å². The maximum Gasteiger partial charge on any atom is 0.264 e. The van der Waals surface area contributed by atoms with E-state index in [1.807, 2.05) is 0 Å². The van der Waals surface area contributed by atoms with Crippen LogP contribution in [0.25, 0.3) is 11.4 Å². The highest BCUT2D eigenvalue weighted by Gasteiger charge is 2.23. The Kier molecular flexibility index (Phi) is 4.57. The largest absolute Gasteiger partial charge is 0.306 e. The van der Waals surface area contributed by atoms with Crippen LogP contribution in [0.15, 0.2) is 23.0 Å². The third kappa shape index (κ3) is 3.12. The monoisotopic (exact) mass is 434 g/mol. The van der Waals surface area contributed by atoms with Crippen molar-refractivity contribution >= 4 is 45.8 Å². The molecule has 1 N–H and O–H groups in total. The van der Waals surface area contributed by atoms with Crippen molar-refractivity contribution < 1.29 is 0 Å². The van der Waals surface area contributed by atoms with Crippen molar-refractivity contribution in [2.24, 2.45) is 0 Å². The quantitative estimate of drug-likeness (QED) is 0.675. The fraction of sp³-hybridized carbons (Fsp3) is 0.333. The number of aromatic amines is 1. The molecule has 3 rings (SSSR count). The van der Waals surface area contributed by atoms with Gasteiger partial charge in [-0.1, -0.05) is 36.0 Å². The van der Waals surface area contributed by atoms with Crippen LogP contribution in [0.4, 0.5) is 0 Å². The minimum Gasteiger partial charge on any atom is -0.306 e. The summed E-state index contributed by atoms with van der Waals surface area (Å²) in [5.41, 5.74) is 1.44. The number of halogens is 3. The van der Waals surface area contributed by atoms with Crippen LogP contribution >= 0.6 is 45.8 Å². The third-order valence-electron chi connectivity index (χ3n) is 3.81. The maximum absolute atomic E-state index is 12.2. The highest BCUT2D eigenvalue weighted by atomic mass is 127. The van der Waals surface area contributed by atoms with Crippen LogP contribution in [0.5, 0.6) is 0 Å². The molecule has 21 heavy (non-hydrogen) atoms. The molecular weight excluding hydrogens is 422 g/mol. The Morgan fingerprint density at radius 1 is 1.24 bits per heavy atom. The number of benzene rings is 1. The van der Waals surface area contributed by atoms with Crippen LogP contribution in [-0.2, 0) is 0 Å². The lowest BCUT2D eigenvalue weighted by Crippen LogP contribution is -2.18. The van der Waals surface area contributed by atoms with Gasteiger partial charge in [-0.3, -0.25) is 4.79 Å². The lowest BCUT2D eigenvalue weighted by atomic mass is 10.0. The molecule has 1 heterocycles. The first-order valence-electron chi connectivity index (χ1n) is 6.81. The molecule has 1 fully saturated rings. The van der Waals surface area contributed by atoms with Gasteiger partial charge < -0.3 is 4.98 Å². The van der Waals surface area contributed by atoms with Crippen molar-refractivity contribution in [3.05, 3.63) is 47.9 Å². The van der Waals surface area contributed by atoms with Crippen molar-refractivity contribution in [1.29, 1.82) is 0 Å². The lowest BCUT2D eigenvalue weighted by molar-refractivity contribution is 0.687. The van der Waals surface area contributed by atoms with E-state index in [1.165, 1.54) is 12.8 Å². The van der Waals surface area contributed by atoms with Crippen molar-refractivity contribution in [2.75, 3.05) is 0 Å². The molecule has 2 aromatic rings. The zero-order chi connectivity index (χ0) is 15.0. The number of hydrogen-bond acceptors (Lipinski definition) is 2. The van der Waals surface area contributed by atoms with Gasteiger partial charge in [0.05, 0.1) is 14.3 Å². The summed E-state index contributed by atoms with van der Waals surface area (Å²) in [5, 5.41) is 1.10. The Morgan fingerprint density at radius 3 is 2.67 bits per heavy atom. The Morgan fingerprint density at radius 2 is 1.95 bits per heavy atom. The average molecular weight is 435 g/mol. The highest BCUT2D eigenvalue weighted by Crippen LogP contribution is 2.35. The standard InChI is InChI=1S/C15H13Cl2IN2O/c16-9-5-6-11(17)10(7-9)14-19-13(8-3-1-2-4-8)12(18)15(21)20-14/h5-8H,1-4H2,(H,19,20,21). The van der Waals surface area contributed by atoms with Gasteiger partial charge in [0.1, 0.15) is 5.82 Å². The minimum atomic E-state index is -0.112. The van der Waals surface area contributed by atoms with E-state index in [1.54, 1.807) is 18.2 Å². The number of hydrogen-bond donors (Lipinski definition) is 1. The van der Waals surface area contributed by atoms with E-state index in [2.05, 4.69) is 32.6 Å². The highest BCUT2D eigenvalue weighted by molar-refractivity contribution is 14.1. The predicted octanol–water partition coefficient (Wildman–Crippen LogP) is 5.01. The fourth-order valence-corrected chi connectivity index (χ4v) is 3.83. The van der Waals surface area contributed by atoms with Gasteiger partial charge in [0.25, 0.3) is 5.56 Å². The average Bonchev–Trinajstić information content (AvgIpc) is 2.98. The first kappa shape index (κ1) is 15.3. The molecule has 0 bridgehead atoms. The summed E-state index contributed by atoms with van der Waals surface area (Å²) >= 11 is 14.3. The molecule has 0 spiro atoms. The molecular formula is C15H13Cl2IN2O. The predicted molar refractivity (Wildman–Crippen MR) is 94.2 cm³/mol. The van der Waals surface area contributed by atoms with Gasteiger partial charge in [0, 0.05) is 16.5 Å². The second-order valence-corrected chi connectivity index (χ2v) is 7.14. The van der Waals surface area contributed by atoms with Gasteiger partial charge in [-0.15, -0.1) is 0 Å². The van der Waals surface area contributed by atoms with Crippen LogP contribution in [0, 0.1) is 3.57 Å². The van der Waals surface area contributed by atoms with E-state index in [4.69, 9.17) is 23.2 Å². The molecule has 0 saturated heterocycles. The Balaban J connectivity index is 2.15. The topological polar surface area (TPSA) is 45.8 Å². The summed E-state index contributed by atoms with van der Waals surface area (Å²) < 4.78 is 0.682. The van der Waals surface area contributed by atoms with Gasteiger partial charge in [-0.2, -0.15) is 0 Å². The summed E-state index contributed by atoms with van der Waals surface area (Å²) in [5.74, 6) is 0.866. The van der Waals surface area contributed by atoms with E-state index in [0.717, 1.165) is 18.5 Å². The number of aromatic nitrogens is 2. The molecule has 0 radical (unpaired) electrons. The summed E-state index contributed by atoms with van der Waals surface area (Å²) in [6, 6.07) is 5.16. The first-order valence-corrected chi connectivity index (χ1v) is 8.65. The van der Waals surface area contributed by atoms with Crippen LogP contribution in [-0.4, -0.2) is 9.97 Å². The number of nitrogens with zero attached hydrogens (tertiary/aromatic N) is 1. The summed E-state index contributed by atoms with van der Waals surface area (Å²) in [4.78, 5) is 19.7. The number of rotatable bonds is 2. The number of nitrogens with one attached hydrogen (secondary N) is 1. The van der Waals surface area contributed by atoms with Gasteiger partial charge in [0.2, 0.25) is 0 Å². The van der Waals surface area contributed by atoms with E-state index >= 15 is 0 Å². The van der Waals surface area contributed by atoms with Gasteiger partial charge in [0.15, 0.2) is 0 Å². The van der Waals surface area contributed by atoms with E-state index < -0.39 is 0 Å². The SMILES string of the molecule is O=c1[nH]c(-c2cc(Cl)ccc2Cl)nc(C2CCCC2)c1I. The van der Waals surface area contributed by atoms with Crippen molar-refractivity contribution in [3.63, 3.8) is 0 Å². The minimum absolute atomic E-state index is 0.112. The van der Waals surface area contributed by atoms with Crippen LogP contribution in [0.2, 0.25) is 10.0 Å². The third-order valence-corrected chi connectivity index (χ3v) is 5.42. The van der Waals surface area contributed by atoms with Crippen molar-refractivity contribution in [1.82, 2.24) is 9.97 Å². The second-order valence-electron chi connectivity index (χ2n) is 5.22. The summed E-state index contributed by atoms with van der Waals surface area (Å²) in [7, 11) is 0. The van der Waals surface area contributed by atoms with Gasteiger partial charge in [-0.25, -0.2) is 4.98 Å². The lowest BCUT2D eigenvalue weighted by Gasteiger charge is -2.13. The molecule has 0 atom stereocenters. The van der Waals surface area contributed by atoms with Crippen LogP contribution in [0.1, 0.15) is 37.3 Å². The van der Waals surface area contributed by atoms with Crippen molar-refractivity contribution in [3.8, 4) is 11.4 Å². The molecule has 110 valence electrons. The molecule has 3 nitrogen and oxygen atoms in total. The molecule has 0 unspecified atom stereocenters. The molecule has 1 aromatic heterocycles. The Labute approximate surface area is 146 Å². The Hall–Kier alpha value is -0.590. The molecule has 6 heteroatoms. The Bertz CT molecular complexity index is 739. The molecule has 1 aromatic carbocycles. The van der Waals surface area contributed by atoms with Gasteiger partial charge >= 0.3 is 0 Å². The molecule has 1 aliphatic carbocycles. The van der Waals surface area contributed by atoms with E-state index in [9.17, 15) is 4.79 Å². The number of H-pyrrole nitrogens is 1.